The average Bonchev–Trinajstić information content (AvgIpc) is 3.52. The lowest BCUT2D eigenvalue weighted by atomic mass is 9.80. The van der Waals surface area contributed by atoms with Crippen LogP contribution in [0.5, 0.6) is 5.75 Å². The van der Waals surface area contributed by atoms with Gasteiger partial charge in [0.1, 0.15) is 17.4 Å². The van der Waals surface area contributed by atoms with Crippen molar-refractivity contribution >= 4 is 57.6 Å². The summed E-state index contributed by atoms with van der Waals surface area (Å²) in [5, 5.41) is 2.36. The monoisotopic (exact) mass is 711 g/mol. The van der Waals surface area contributed by atoms with Crippen LogP contribution in [-0.4, -0.2) is 50.7 Å². The van der Waals surface area contributed by atoms with E-state index in [2.05, 4.69) is 33.9 Å². The van der Waals surface area contributed by atoms with Gasteiger partial charge in [-0.25, -0.2) is 23.9 Å². The number of hydrazine groups is 1. The third-order valence-corrected chi connectivity index (χ3v) is 11.0. The van der Waals surface area contributed by atoms with Gasteiger partial charge in [-0.3, -0.25) is 14.5 Å². The maximum atomic E-state index is 13.9. The molecule has 1 aromatic heterocycles. The van der Waals surface area contributed by atoms with Crippen molar-refractivity contribution < 1.29 is 23.0 Å². The molecule has 1 aliphatic rings. The summed E-state index contributed by atoms with van der Waals surface area (Å²) in [5.74, 6) is 1.16. The first-order chi connectivity index (χ1) is 21.8. The van der Waals surface area contributed by atoms with Crippen molar-refractivity contribution in [2.45, 2.75) is 62.0 Å². The van der Waals surface area contributed by atoms with Crippen LogP contribution in [-0.2, 0) is 11.2 Å². The number of benzene rings is 2. The van der Waals surface area contributed by atoms with E-state index in [0.717, 1.165) is 29.7 Å². The van der Waals surface area contributed by atoms with Crippen LogP contribution in [0.2, 0.25) is 10.0 Å². The van der Waals surface area contributed by atoms with Crippen LogP contribution in [0.25, 0.3) is 0 Å². The number of halogens is 3. The number of nitrogens with one attached hydrogen (secondary N) is 2. The topological polar surface area (TPSA) is 110 Å². The molecule has 46 heavy (non-hydrogen) atoms. The van der Waals surface area contributed by atoms with Crippen LogP contribution in [0.3, 0.4) is 0 Å². The second-order valence-corrected chi connectivity index (χ2v) is 15.2. The van der Waals surface area contributed by atoms with Gasteiger partial charge in [-0.1, -0.05) is 66.0 Å². The molecule has 0 radical (unpaired) electrons. The van der Waals surface area contributed by atoms with Gasteiger partial charge in [0.15, 0.2) is 0 Å². The number of anilines is 1. The van der Waals surface area contributed by atoms with E-state index in [0.29, 0.717) is 40.5 Å². The number of methoxy groups -OCH3 is 1. The molecule has 0 saturated carbocycles. The summed E-state index contributed by atoms with van der Waals surface area (Å²) in [7, 11) is -2.07. The number of nitrogens with zero attached hydrogens (tertiary/aromatic N) is 3. The summed E-state index contributed by atoms with van der Waals surface area (Å²) in [6.07, 6.45) is 5.14. The maximum absolute atomic E-state index is 13.9. The largest absolute Gasteiger partial charge is 0.495 e. The fourth-order valence-corrected chi connectivity index (χ4v) is 7.90. The molecule has 0 spiro atoms. The summed E-state index contributed by atoms with van der Waals surface area (Å²) in [5.41, 5.74) is 4.74. The van der Waals surface area contributed by atoms with E-state index in [-0.39, 0.29) is 10.3 Å². The molecule has 3 aromatic rings. The van der Waals surface area contributed by atoms with Crippen LogP contribution in [0.4, 0.5) is 15.0 Å². The number of rotatable bonds is 12. The summed E-state index contributed by atoms with van der Waals surface area (Å²) >= 11 is 14.5. The quantitative estimate of drug-likeness (QED) is 0.138. The number of aromatic nitrogens is 1. The molecule has 9 nitrogen and oxygen atoms in total. The van der Waals surface area contributed by atoms with E-state index >= 15 is 0 Å². The number of carbonyl (C=O) groups is 1. The second-order valence-electron chi connectivity index (χ2n) is 11.3. The van der Waals surface area contributed by atoms with Crippen molar-refractivity contribution in [3.05, 3.63) is 93.5 Å². The van der Waals surface area contributed by atoms with Gasteiger partial charge >= 0.3 is 6.03 Å². The van der Waals surface area contributed by atoms with Crippen LogP contribution in [0, 0.1) is 5.82 Å². The van der Waals surface area contributed by atoms with Gasteiger partial charge < -0.3 is 9.64 Å². The third kappa shape index (κ3) is 8.60. The van der Waals surface area contributed by atoms with Crippen molar-refractivity contribution in [1.29, 1.82) is 0 Å². The van der Waals surface area contributed by atoms with Crippen molar-refractivity contribution in [1.82, 2.24) is 20.1 Å². The number of urea groups is 1. The van der Waals surface area contributed by atoms with E-state index in [1.807, 2.05) is 32.1 Å². The van der Waals surface area contributed by atoms with Crippen LogP contribution < -0.4 is 19.8 Å². The van der Waals surface area contributed by atoms with E-state index in [1.165, 1.54) is 18.3 Å². The number of hydrogen-bond donors (Lipinski definition) is 4. The Morgan fingerprint density at radius 2 is 1.89 bits per heavy atom. The fraction of sp³-hybridized carbons (Fsp3) is 0.375. The number of allylic oxidation sites excluding steroid dienone is 2. The zero-order chi connectivity index (χ0) is 33.6. The van der Waals surface area contributed by atoms with Crippen LogP contribution >= 0.6 is 45.7 Å². The predicted octanol–water partition coefficient (Wildman–Crippen LogP) is 8.84. The number of ether oxygens (including phenoxy) is 1. The van der Waals surface area contributed by atoms with Crippen LogP contribution in [0.15, 0.2) is 71.4 Å². The maximum Gasteiger partial charge on any atom is 0.347 e. The minimum Gasteiger partial charge on any atom is -0.495 e. The highest BCUT2D eigenvalue weighted by molar-refractivity contribution is 8.23. The molecule has 0 aliphatic carbocycles. The van der Waals surface area contributed by atoms with Gasteiger partial charge in [0.2, 0.25) is 0 Å². The van der Waals surface area contributed by atoms with Gasteiger partial charge in [-0.2, -0.15) is 0 Å². The number of hydrogen-bond acceptors (Lipinski definition) is 8. The summed E-state index contributed by atoms with van der Waals surface area (Å²) in [4.78, 5) is 18.9. The lowest BCUT2D eigenvalue weighted by Crippen LogP contribution is -2.46. The molecule has 2 aromatic carbocycles. The molecule has 4 rings (SSSR count). The van der Waals surface area contributed by atoms with Crippen molar-refractivity contribution in [3.8, 4) is 5.75 Å². The highest BCUT2D eigenvalue weighted by atomic mass is 35.5. The lowest BCUT2D eigenvalue weighted by Gasteiger charge is -2.40. The second kappa shape index (κ2) is 15.5. The Morgan fingerprint density at radius 3 is 2.50 bits per heavy atom. The Hall–Kier alpha value is -2.71. The third-order valence-electron chi connectivity index (χ3n) is 7.80. The van der Waals surface area contributed by atoms with Crippen molar-refractivity contribution in [2.24, 2.45) is 0 Å². The fourth-order valence-electron chi connectivity index (χ4n) is 5.30. The molecule has 250 valence electrons. The molecule has 1 atom stereocenters. The zero-order valence-electron chi connectivity index (χ0n) is 26.4. The Kier molecular flexibility index (Phi) is 12.1. The molecule has 14 heteroatoms. The number of carbonyl (C=O) groups excluding carboxylic acids is 1. The smallest absolute Gasteiger partial charge is 0.347 e. The molecule has 1 aliphatic heterocycles. The Morgan fingerprint density at radius 1 is 1.17 bits per heavy atom. The first-order valence-electron chi connectivity index (χ1n) is 14.7. The van der Waals surface area contributed by atoms with Gasteiger partial charge in [0.25, 0.3) is 0 Å². The first kappa shape index (κ1) is 36.1. The zero-order valence-corrected chi connectivity index (χ0v) is 29.5. The first-order valence-corrected chi connectivity index (χ1v) is 18.0. The molecule has 1 unspecified atom stereocenters. The minimum atomic E-state index is -3.64. The lowest BCUT2D eigenvalue weighted by molar-refractivity contribution is 0.201. The van der Waals surface area contributed by atoms with Crippen LogP contribution in [0.1, 0.15) is 51.7 Å². The van der Waals surface area contributed by atoms with Crippen molar-refractivity contribution in [3.63, 3.8) is 0 Å². The molecular weight excluding hydrogens is 672 g/mol. The molecule has 4 N–H and O–H groups in total. The van der Waals surface area contributed by atoms with Gasteiger partial charge in [-0.05, 0) is 74.2 Å². The summed E-state index contributed by atoms with van der Waals surface area (Å²) in [6, 6.07) is 12.7. The van der Waals surface area contributed by atoms with Crippen molar-refractivity contribution in [2.75, 3.05) is 25.1 Å². The Balaban J connectivity index is 1.55. The average molecular weight is 713 g/mol. The van der Waals surface area contributed by atoms with E-state index in [9.17, 15) is 18.3 Å². The number of thioether (sulfide) groups is 1. The standard InChI is InChI=1S/C32H40Cl2FN5O4S2/c1-6-29(32(3,4)23-10-13-26(33)28(17-23)44-5)40(30-14-11-24(35)19-36-30)21(2)45-20-22-9-12-25(18-27(22)34)46(42,43)38-31(41)37-39-15-7-8-16-39/h6,9-14,17-19,21,42-43H,7-8,15-16,20H2,1-5H3,(H2,37,38,41). The van der Waals surface area contributed by atoms with E-state index < -0.39 is 28.0 Å². The molecule has 0 bridgehead atoms. The molecule has 2 heterocycles. The van der Waals surface area contributed by atoms with E-state index in [4.69, 9.17) is 27.9 Å². The molecule has 1 saturated heterocycles. The molecule has 1 fully saturated rings. The summed E-state index contributed by atoms with van der Waals surface area (Å²) in [6.45, 7) is 9.57. The molecule has 2 amide bonds. The van der Waals surface area contributed by atoms with Gasteiger partial charge in [0, 0.05) is 35.0 Å². The minimum absolute atomic E-state index is 0.101. The molecular formula is C32H40Cl2FN5O4S2. The Bertz CT molecular complexity index is 1560. The number of amides is 2. The Labute approximate surface area is 286 Å². The number of pyridine rings is 1. The normalized spacial score (nSPS) is 15.4. The van der Waals surface area contributed by atoms with Gasteiger partial charge in [0.05, 0.1) is 28.6 Å². The summed E-state index contributed by atoms with van der Waals surface area (Å²) < 4.78 is 43.1. The predicted molar refractivity (Wildman–Crippen MR) is 187 cm³/mol. The van der Waals surface area contributed by atoms with Gasteiger partial charge in [-0.15, -0.1) is 11.8 Å². The highest BCUT2D eigenvalue weighted by Crippen LogP contribution is 2.46. The highest BCUT2D eigenvalue weighted by Gasteiger charge is 2.34. The SMILES string of the molecule is CC=C(N(c1ccc(F)cn1)C(C)SCc1ccc(S(O)(O)NC(=O)NN2CCCC2)cc1Cl)C(C)(C)c1ccc(Cl)c(OC)c1. The van der Waals surface area contributed by atoms with E-state index in [1.54, 1.807) is 48.1 Å².